The molecule has 0 unspecified atom stereocenters. The van der Waals surface area contributed by atoms with E-state index in [1.165, 1.54) is 31.5 Å². The van der Waals surface area contributed by atoms with Gasteiger partial charge in [0, 0.05) is 12.3 Å². The summed E-state index contributed by atoms with van der Waals surface area (Å²) in [5.74, 6) is -1.46. The van der Waals surface area contributed by atoms with E-state index in [2.05, 4.69) is 4.98 Å². The van der Waals surface area contributed by atoms with E-state index in [0.717, 1.165) is 12.1 Å². The highest BCUT2D eigenvalue weighted by Crippen LogP contribution is 2.37. The van der Waals surface area contributed by atoms with Gasteiger partial charge in [0.15, 0.2) is 0 Å². The van der Waals surface area contributed by atoms with Crippen LogP contribution >= 0.6 is 0 Å². The summed E-state index contributed by atoms with van der Waals surface area (Å²) >= 11 is 0. The fourth-order valence-electron chi connectivity index (χ4n) is 1.95. The molecule has 2 rings (SSSR count). The Morgan fingerprint density at radius 1 is 1.29 bits per heavy atom. The standard InChI is InChI=1S/C14H10F3NO3/c1-21-11-7-8(5-6-18-11)9-3-2-4-10(14(15,16)17)12(9)13(19)20/h2-7H,1H3,(H,19,20). The number of methoxy groups -OCH3 is 1. The number of pyridine rings is 1. The van der Waals surface area contributed by atoms with E-state index in [1.54, 1.807) is 0 Å². The molecule has 0 bridgehead atoms. The second kappa shape index (κ2) is 5.43. The molecule has 2 aromatic rings. The highest BCUT2D eigenvalue weighted by Gasteiger charge is 2.36. The molecule has 0 fully saturated rings. The summed E-state index contributed by atoms with van der Waals surface area (Å²) in [7, 11) is 1.36. The molecule has 7 heteroatoms. The number of carboxylic acids is 1. The molecular weight excluding hydrogens is 287 g/mol. The summed E-state index contributed by atoms with van der Waals surface area (Å²) in [5, 5.41) is 9.15. The zero-order chi connectivity index (χ0) is 15.6. The SMILES string of the molecule is COc1cc(-c2cccc(C(F)(F)F)c2C(=O)O)ccn1. The molecule has 0 aliphatic carbocycles. The van der Waals surface area contributed by atoms with Gasteiger partial charge in [-0.15, -0.1) is 0 Å². The quantitative estimate of drug-likeness (QED) is 0.942. The van der Waals surface area contributed by atoms with Gasteiger partial charge >= 0.3 is 12.1 Å². The Morgan fingerprint density at radius 2 is 2.00 bits per heavy atom. The van der Waals surface area contributed by atoms with Crippen LogP contribution in [0.3, 0.4) is 0 Å². The minimum atomic E-state index is -4.75. The Balaban J connectivity index is 2.71. The molecule has 0 aliphatic heterocycles. The lowest BCUT2D eigenvalue weighted by atomic mass is 9.95. The second-order valence-corrected chi connectivity index (χ2v) is 4.12. The van der Waals surface area contributed by atoms with Crippen LogP contribution in [0.4, 0.5) is 13.2 Å². The fraction of sp³-hybridized carbons (Fsp3) is 0.143. The topological polar surface area (TPSA) is 59.4 Å². The molecule has 1 aromatic carbocycles. The van der Waals surface area contributed by atoms with E-state index < -0.39 is 23.3 Å². The minimum Gasteiger partial charge on any atom is -0.481 e. The summed E-state index contributed by atoms with van der Waals surface area (Å²) in [6.07, 6.45) is -3.42. The largest absolute Gasteiger partial charge is 0.481 e. The normalized spacial score (nSPS) is 11.2. The number of aromatic nitrogens is 1. The molecule has 0 saturated heterocycles. The lowest BCUT2D eigenvalue weighted by molar-refractivity contribution is -0.138. The van der Waals surface area contributed by atoms with Gasteiger partial charge < -0.3 is 9.84 Å². The van der Waals surface area contributed by atoms with Crippen LogP contribution in [0.5, 0.6) is 5.88 Å². The van der Waals surface area contributed by atoms with Gasteiger partial charge in [-0.1, -0.05) is 12.1 Å². The third-order valence-corrected chi connectivity index (χ3v) is 2.84. The predicted octanol–water partition coefficient (Wildman–Crippen LogP) is 3.47. The van der Waals surface area contributed by atoms with Crippen LogP contribution in [0.25, 0.3) is 11.1 Å². The second-order valence-electron chi connectivity index (χ2n) is 4.12. The van der Waals surface area contributed by atoms with Crippen LogP contribution in [0.1, 0.15) is 15.9 Å². The van der Waals surface area contributed by atoms with E-state index >= 15 is 0 Å². The van der Waals surface area contributed by atoms with Crippen LogP contribution in [0.2, 0.25) is 0 Å². The van der Waals surface area contributed by atoms with E-state index in [9.17, 15) is 18.0 Å². The number of aromatic carboxylic acids is 1. The van der Waals surface area contributed by atoms with Gasteiger partial charge in [0.1, 0.15) is 0 Å². The van der Waals surface area contributed by atoms with Crippen LogP contribution in [0, 0.1) is 0 Å². The molecule has 0 radical (unpaired) electrons. The number of hydrogen-bond acceptors (Lipinski definition) is 3. The molecule has 0 aliphatic rings. The molecule has 0 spiro atoms. The maximum absolute atomic E-state index is 12.9. The van der Waals surface area contributed by atoms with Crippen molar-refractivity contribution in [2.45, 2.75) is 6.18 Å². The van der Waals surface area contributed by atoms with Crippen molar-refractivity contribution in [2.24, 2.45) is 0 Å². The average molecular weight is 297 g/mol. The molecule has 0 amide bonds. The van der Waals surface area contributed by atoms with Crippen molar-refractivity contribution in [2.75, 3.05) is 7.11 Å². The van der Waals surface area contributed by atoms with E-state index in [4.69, 9.17) is 9.84 Å². The number of halogens is 3. The smallest absolute Gasteiger partial charge is 0.417 e. The van der Waals surface area contributed by atoms with Crippen molar-refractivity contribution in [3.8, 4) is 17.0 Å². The monoisotopic (exact) mass is 297 g/mol. The lowest BCUT2D eigenvalue weighted by Gasteiger charge is -2.14. The van der Waals surface area contributed by atoms with Crippen LogP contribution < -0.4 is 4.74 Å². The number of carboxylic acid groups (broad SMARTS) is 1. The first-order chi connectivity index (χ1) is 9.84. The minimum absolute atomic E-state index is 0.0435. The van der Waals surface area contributed by atoms with Crippen LogP contribution in [-0.4, -0.2) is 23.2 Å². The first-order valence-corrected chi connectivity index (χ1v) is 5.78. The third kappa shape index (κ3) is 2.96. The Labute approximate surface area is 117 Å². The van der Waals surface area contributed by atoms with Crippen molar-refractivity contribution in [1.29, 1.82) is 0 Å². The summed E-state index contributed by atoms with van der Waals surface area (Å²) < 4.78 is 43.7. The van der Waals surface area contributed by atoms with Crippen LogP contribution in [-0.2, 0) is 6.18 Å². The Bertz CT molecular complexity index is 683. The number of carbonyl (C=O) groups is 1. The van der Waals surface area contributed by atoms with E-state index in [-0.39, 0.29) is 17.0 Å². The first-order valence-electron chi connectivity index (χ1n) is 5.78. The Kier molecular flexibility index (Phi) is 3.84. The zero-order valence-electron chi connectivity index (χ0n) is 10.8. The van der Waals surface area contributed by atoms with Gasteiger partial charge in [-0.05, 0) is 23.3 Å². The maximum atomic E-state index is 12.9. The number of rotatable bonds is 3. The third-order valence-electron chi connectivity index (χ3n) is 2.84. The van der Waals surface area contributed by atoms with Crippen molar-refractivity contribution < 1.29 is 27.8 Å². The van der Waals surface area contributed by atoms with E-state index in [1.807, 2.05) is 0 Å². The molecule has 1 N–H and O–H groups in total. The molecule has 21 heavy (non-hydrogen) atoms. The number of benzene rings is 1. The van der Waals surface area contributed by atoms with Gasteiger partial charge in [0.25, 0.3) is 0 Å². The van der Waals surface area contributed by atoms with E-state index in [0.29, 0.717) is 0 Å². The van der Waals surface area contributed by atoms with Crippen molar-refractivity contribution in [3.63, 3.8) is 0 Å². The molecule has 1 heterocycles. The van der Waals surface area contributed by atoms with Crippen molar-refractivity contribution in [1.82, 2.24) is 4.98 Å². The Morgan fingerprint density at radius 3 is 2.57 bits per heavy atom. The summed E-state index contributed by atoms with van der Waals surface area (Å²) in [4.78, 5) is 15.1. The number of alkyl halides is 3. The number of hydrogen-bond donors (Lipinski definition) is 1. The summed E-state index contributed by atoms with van der Waals surface area (Å²) in [5.41, 5.74) is -1.75. The maximum Gasteiger partial charge on any atom is 0.417 e. The molecule has 1 aromatic heterocycles. The highest BCUT2D eigenvalue weighted by molar-refractivity contribution is 5.98. The van der Waals surface area contributed by atoms with Gasteiger partial charge in [0.05, 0.1) is 18.2 Å². The zero-order valence-corrected chi connectivity index (χ0v) is 10.8. The molecule has 110 valence electrons. The predicted molar refractivity (Wildman–Crippen MR) is 68.2 cm³/mol. The average Bonchev–Trinajstić information content (AvgIpc) is 2.45. The molecular formula is C14H10F3NO3. The van der Waals surface area contributed by atoms with Gasteiger partial charge in [-0.2, -0.15) is 13.2 Å². The van der Waals surface area contributed by atoms with Crippen molar-refractivity contribution in [3.05, 3.63) is 47.7 Å². The summed E-state index contributed by atoms with van der Waals surface area (Å²) in [6.45, 7) is 0. The number of ether oxygens (including phenoxy) is 1. The summed E-state index contributed by atoms with van der Waals surface area (Å²) in [6, 6.07) is 6.02. The number of nitrogens with zero attached hydrogens (tertiary/aromatic N) is 1. The van der Waals surface area contributed by atoms with Gasteiger partial charge in [0.2, 0.25) is 5.88 Å². The first kappa shape index (κ1) is 14.8. The molecule has 0 atom stereocenters. The van der Waals surface area contributed by atoms with Gasteiger partial charge in [-0.25, -0.2) is 9.78 Å². The van der Waals surface area contributed by atoms with Crippen LogP contribution in [0.15, 0.2) is 36.5 Å². The molecule has 0 saturated carbocycles. The fourth-order valence-corrected chi connectivity index (χ4v) is 1.95. The highest BCUT2D eigenvalue weighted by atomic mass is 19.4. The lowest BCUT2D eigenvalue weighted by Crippen LogP contribution is -2.14. The van der Waals surface area contributed by atoms with Crippen molar-refractivity contribution >= 4 is 5.97 Å². The molecule has 4 nitrogen and oxygen atoms in total. The van der Waals surface area contributed by atoms with Gasteiger partial charge in [-0.3, -0.25) is 0 Å². The Hall–Kier alpha value is -2.57.